The molecule has 1 N–H and O–H groups in total. The number of nitrogens with one attached hydrogen (secondary N) is 1. The van der Waals surface area contributed by atoms with Gasteiger partial charge in [-0.15, -0.1) is 12.4 Å². The predicted octanol–water partition coefficient (Wildman–Crippen LogP) is 2.59. The number of hydrogen-bond acceptors (Lipinski definition) is 2. The number of piperidine rings is 1. The molecule has 1 aromatic carbocycles. The van der Waals surface area contributed by atoms with E-state index >= 15 is 0 Å². The Labute approximate surface area is 125 Å². The van der Waals surface area contributed by atoms with Crippen LogP contribution in [0.3, 0.4) is 0 Å². The lowest BCUT2D eigenvalue weighted by Gasteiger charge is -2.30. The quantitative estimate of drug-likeness (QED) is 0.930. The van der Waals surface area contributed by atoms with Gasteiger partial charge in [-0.2, -0.15) is 0 Å². The Hall–Kier alpha value is -1.13. The number of benzene rings is 1. The zero-order valence-electron chi connectivity index (χ0n) is 11.9. The van der Waals surface area contributed by atoms with E-state index in [-0.39, 0.29) is 30.0 Å². The minimum atomic E-state index is -0.256. The number of halogens is 2. The number of nitrogens with zero attached hydrogens (tertiary/aromatic N) is 1. The average Bonchev–Trinajstić information content (AvgIpc) is 2.38. The third kappa shape index (κ3) is 4.46. The first-order valence-electron chi connectivity index (χ1n) is 6.79. The lowest BCUT2D eigenvalue weighted by atomic mass is 9.92. The highest BCUT2D eigenvalue weighted by Gasteiger charge is 2.26. The van der Waals surface area contributed by atoms with Crippen LogP contribution in [0.25, 0.3) is 0 Å². The summed E-state index contributed by atoms with van der Waals surface area (Å²) >= 11 is 0. The molecule has 5 heteroatoms. The smallest absolute Gasteiger partial charge is 0.225 e. The van der Waals surface area contributed by atoms with Gasteiger partial charge in [-0.3, -0.25) is 4.79 Å². The second kappa shape index (κ2) is 7.60. The Morgan fingerprint density at radius 2 is 2.25 bits per heavy atom. The number of hydrogen-bond donors (Lipinski definition) is 1. The topological polar surface area (TPSA) is 32.3 Å². The third-order valence-electron chi connectivity index (χ3n) is 3.66. The molecule has 0 saturated carbocycles. The van der Waals surface area contributed by atoms with Crippen LogP contribution in [0.5, 0.6) is 0 Å². The van der Waals surface area contributed by atoms with Gasteiger partial charge in [-0.05, 0) is 44.0 Å². The van der Waals surface area contributed by atoms with Crippen molar-refractivity contribution in [3.8, 4) is 0 Å². The summed E-state index contributed by atoms with van der Waals surface area (Å²) in [6.45, 7) is 3.46. The van der Waals surface area contributed by atoms with Gasteiger partial charge >= 0.3 is 0 Å². The van der Waals surface area contributed by atoms with E-state index in [1.54, 1.807) is 18.0 Å². The molecule has 1 aliphatic heterocycles. The van der Waals surface area contributed by atoms with Gasteiger partial charge in [0, 0.05) is 25.6 Å². The second-order valence-electron chi connectivity index (χ2n) is 5.40. The zero-order valence-corrected chi connectivity index (χ0v) is 12.8. The molecule has 0 aliphatic carbocycles. The van der Waals surface area contributed by atoms with Gasteiger partial charge in [-0.25, -0.2) is 4.39 Å². The highest BCUT2D eigenvalue weighted by molar-refractivity contribution is 5.85. The van der Waals surface area contributed by atoms with E-state index in [1.807, 2.05) is 6.07 Å². The molecule has 0 spiro atoms. The maximum atomic E-state index is 13.1. The molecular formula is C15H22ClFN2O. The molecule has 0 radical (unpaired) electrons. The lowest BCUT2D eigenvalue weighted by molar-refractivity contribution is -0.135. The summed E-state index contributed by atoms with van der Waals surface area (Å²) in [5.74, 6) is 0.00116. The van der Waals surface area contributed by atoms with E-state index < -0.39 is 0 Å². The van der Waals surface area contributed by atoms with Gasteiger partial charge in [0.05, 0.1) is 0 Å². The number of rotatable bonds is 3. The standard InChI is InChI=1S/C15H21FN2O.ClH/c1-11-8-13(6-7-17-11)15(19)18(2)10-12-4-3-5-14(16)9-12;/h3-5,9,11,13,17H,6-8,10H2,1-2H3;1H/t11-,13-;/m0./s1. The number of carbonyl (C=O) groups excluding carboxylic acids is 1. The fourth-order valence-corrected chi connectivity index (χ4v) is 2.65. The van der Waals surface area contributed by atoms with Crippen molar-refractivity contribution in [1.29, 1.82) is 0 Å². The maximum Gasteiger partial charge on any atom is 0.225 e. The maximum absolute atomic E-state index is 13.1. The summed E-state index contributed by atoms with van der Waals surface area (Å²) in [4.78, 5) is 14.0. The van der Waals surface area contributed by atoms with E-state index in [1.165, 1.54) is 12.1 Å². The molecule has 1 fully saturated rings. The van der Waals surface area contributed by atoms with Crippen molar-refractivity contribution in [3.05, 3.63) is 35.6 Å². The van der Waals surface area contributed by atoms with E-state index in [0.29, 0.717) is 12.6 Å². The van der Waals surface area contributed by atoms with Gasteiger partial charge < -0.3 is 10.2 Å². The van der Waals surface area contributed by atoms with Gasteiger partial charge in [0.1, 0.15) is 5.82 Å². The first-order valence-corrected chi connectivity index (χ1v) is 6.79. The summed E-state index contributed by atoms with van der Waals surface area (Å²) < 4.78 is 13.1. The second-order valence-corrected chi connectivity index (χ2v) is 5.40. The first kappa shape index (κ1) is 16.9. The van der Waals surface area contributed by atoms with Crippen LogP contribution >= 0.6 is 12.4 Å². The molecular weight excluding hydrogens is 279 g/mol. The minimum absolute atomic E-state index is 0. The molecule has 20 heavy (non-hydrogen) atoms. The summed E-state index contributed by atoms with van der Waals surface area (Å²) in [5, 5.41) is 3.34. The zero-order chi connectivity index (χ0) is 13.8. The monoisotopic (exact) mass is 300 g/mol. The van der Waals surface area contributed by atoms with Gasteiger partial charge in [0.15, 0.2) is 0 Å². The van der Waals surface area contributed by atoms with Crippen LogP contribution in [0.1, 0.15) is 25.3 Å². The first-order chi connectivity index (χ1) is 9.06. The van der Waals surface area contributed by atoms with Gasteiger partial charge in [0.2, 0.25) is 5.91 Å². The van der Waals surface area contributed by atoms with Crippen molar-refractivity contribution < 1.29 is 9.18 Å². The van der Waals surface area contributed by atoms with Crippen molar-refractivity contribution in [3.63, 3.8) is 0 Å². The van der Waals surface area contributed by atoms with E-state index in [4.69, 9.17) is 0 Å². The molecule has 1 saturated heterocycles. The Balaban J connectivity index is 0.00000200. The number of carbonyl (C=O) groups is 1. The Morgan fingerprint density at radius 3 is 2.90 bits per heavy atom. The van der Waals surface area contributed by atoms with Gasteiger partial charge in [-0.1, -0.05) is 12.1 Å². The molecule has 2 rings (SSSR count). The SMILES string of the molecule is C[C@H]1C[C@@H](C(=O)N(C)Cc2cccc(F)c2)CCN1.Cl. The Kier molecular flexibility index (Phi) is 6.43. The van der Waals surface area contributed by atoms with Crippen LogP contribution in [0.4, 0.5) is 4.39 Å². The fraction of sp³-hybridized carbons (Fsp3) is 0.533. The van der Waals surface area contributed by atoms with Crippen LogP contribution in [-0.2, 0) is 11.3 Å². The summed E-state index contributed by atoms with van der Waals surface area (Å²) in [6, 6.07) is 6.81. The molecule has 0 aromatic heterocycles. The molecule has 1 amide bonds. The minimum Gasteiger partial charge on any atom is -0.341 e. The van der Waals surface area contributed by atoms with E-state index in [9.17, 15) is 9.18 Å². The third-order valence-corrected chi connectivity index (χ3v) is 3.66. The molecule has 2 atom stereocenters. The van der Waals surface area contributed by atoms with Crippen molar-refractivity contribution in [2.24, 2.45) is 5.92 Å². The molecule has 0 unspecified atom stereocenters. The molecule has 0 bridgehead atoms. The largest absolute Gasteiger partial charge is 0.341 e. The highest BCUT2D eigenvalue weighted by atomic mass is 35.5. The predicted molar refractivity (Wildman–Crippen MR) is 80.3 cm³/mol. The molecule has 3 nitrogen and oxygen atoms in total. The van der Waals surface area contributed by atoms with Gasteiger partial charge in [0.25, 0.3) is 0 Å². The number of amides is 1. The Bertz CT molecular complexity index is 455. The molecule has 1 aromatic rings. The fourth-order valence-electron chi connectivity index (χ4n) is 2.65. The van der Waals surface area contributed by atoms with Crippen molar-refractivity contribution >= 4 is 18.3 Å². The van der Waals surface area contributed by atoms with Crippen LogP contribution in [0, 0.1) is 11.7 Å². The molecule has 1 heterocycles. The van der Waals surface area contributed by atoms with Crippen LogP contribution in [0.2, 0.25) is 0 Å². The highest BCUT2D eigenvalue weighted by Crippen LogP contribution is 2.19. The summed E-state index contributed by atoms with van der Waals surface area (Å²) in [7, 11) is 1.79. The summed E-state index contributed by atoms with van der Waals surface area (Å²) in [5.41, 5.74) is 0.831. The average molecular weight is 301 g/mol. The molecule has 112 valence electrons. The van der Waals surface area contributed by atoms with E-state index in [0.717, 1.165) is 24.9 Å². The van der Waals surface area contributed by atoms with Crippen LogP contribution in [0.15, 0.2) is 24.3 Å². The normalized spacial score (nSPS) is 21.9. The van der Waals surface area contributed by atoms with Crippen molar-refractivity contribution in [1.82, 2.24) is 10.2 Å². The molecule has 1 aliphatic rings. The van der Waals surface area contributed by atoms with E-state index in [2.05, 4.69) is 12.2 Å². The van der Waals surface area contributed by atoms with Crippen molar-refractivity contribution in [2.45, 2.75) is 32.4 Å². The summed E-state index contributed by atoms with van der Waals surface area (Å²) in [6.07, 6.45) is 1.77. The van der Waals surface area contributed by atoms with Crippen LogP contribution in [-0.4, -0.2) is 30.4 Å². The Morgan fingerprint density at radius 1 is 1.50 bits per heavy atom. The van der Waals surface area contributed by atoms with Crippen molar-refractivity contribution in [2.75, 3.05) is 13.6 Å². The van der Waals surface area contributed by atoms with Crippen LogP contribution < -0.4 is 5.32 Å². The lowest BCUT2D eigenvalue weighted by Crippen LogP contribution is -2.42.